The summed E-state index contributed by atoms with van der Waals surface area (Å²) in [5, 5.41) is 3.80. The van der Waals surface area contributed by atoms with E-state index >= 15 is 0 Å². The molecule has 0 bridgehead atoms. The summed E-state index contributed by atoms with van der Waals surface area (Å²) in [7, 11) is 0. The summed E-state index contributed by atoms with van der Waals surface area (Å²) in [6, 6.07) is 0. The van der Waals surface area contributed by atoms with Crippen molar-refractivity contribution in [3.63, 3.8) is 0 Å². The molecule has 0 radical (unpaired) electrons. The van der Waals surface area contributed by atoms with Gasteiger partial charge >= 0.3 is 0 Å². The van der Waals surface area contributed by atoms with Crippen LogP contribution in [0.2, 0.25) is 0 Å². The average molecular weight is 170 g/mol. The Labute approximate surface area is 74.2 Å². The van der Waals surface area contributed by atoms with Crippen LogP contribution in [0.25, 0.3) is 0 Å². The van der Waals surface area contributed by atoms with Gasteiger partial charge in [0.1, 0.15) is 0 Å². The number of hydrogen-bond acceptors (Lipinski definition) is 3. The highest BCUT2D eigenvalue weighted by Crippen LogP contribution is 2.13. The number of hydrogen-bond donors (Lipinski definition) is 0. The smallest absolute Gasteiger partial charge is 0.223 e. The van der Waals surface area contributed by atoms with Crippen LogP contribution in [0.3, 0.4) is 0 Å². The van der Waals surface area contributed by atoms with Gasteiger partial charge in [-0.15, -0.1) is 0 Å². The first-order chi connectivity index (χ1) is 5.74. The molecule has 0 aromatic carbocycles. The molecule has 0 saturated heterocycles. The zero-order chi connectivity index (χ0) is 9.56. The van der Waals surface area contributed by atoms with Crippen LogP contribution in [0.4, 0.5) is 0 Å². The van der Waals surface area contributed by atoms with Crippen LogP contribution in [-0.4, -0.2) is 10.1 Å². The molecule has 3 heteroatoms. The Balaban J connectivity index is 0.000000561. The fourth-order valence-electron chi connectivity index (χ4n) is 0.698. The van der Waals surface area contributed by atoms with Crippen molar-refractivity contribution in [2.24, 2.45) is 0 Å². The maximum Gasteiger partial charge on any atom is 0.223 e. The van der Waals surface area contributed by atoms with Gasteiger partial charge in [-0.2, -0.15) is 4.98 Å². The fourth-order valence-corrected chi connectivity index (χ4v) is 0.698. The van der Waals surface area contributed by atoms with E-state index in [0.717, 1.165) is 12.2 Å². The van der Waals surface area contributed by atoms with Crippen molar-refractivity contribution in [3.05, 3.63) is 11.7 Å². The van der Waals surface area contributed by atoms with E-state index in [4.69, 9.17) is 4.52 Å². The molecule has 0 N–H and O–H groups in total. The van der Waals surface area contributed by atoms with Crippen molar-refractivity contribution < 1.29 is 4.52 Å². The Morgan fingerprint density at radius 2 is 2.00 bits per heavy atom. The molecule has 1 unspecified atom stereocenters. The maximum absolute atomic E-state index is 4.83. The summed E-state index contributed by atoms with van der Waals surface area (Å²) in [4.78, 5) is 4.10. The van der Waals surface area contributed by atoms with Crippen molar-refractivity contribution in [1.82, 2.24) is 10.1 Å². The lowest BCUT2D eigenvalue weighted by Gasteiger charge is -1.98. The second-order valence-corrected chi connectivity index (χ2v) is 2.48. The molecule has 0 spiro atoms. The first kappa shape index (κ1) is 11.1. The fraction of sp³-hybridized carbons (Fsp3) is 0.778. The third-order valence-corrected chi connectivity index (χ3v) is 1.60. The van der Waals surface area contributed by atoms with E-state index in [0.29, 0.717) is 11.8 Å². The molecule has 70 valence electrons. The van der Waals surface area contributed by atoms with Gasteiger partial charge in [0, 0.05) is 12.8 Å². The monoisotopic (exact) mass is 170 g/mol. The molecule has 0 aliphatic rings. The van der Waals surface area contributed by atoms with E-state index in [1.54, 1.807) is 6.92 Å². The maximum atomic E-state index is 4.83. The minimum atomic E-state index is 0.414. The third kappa shape index (κ3) is 3.03. The molecule has 1 rings (SSSR count). The van der Waals surface area contributed by atoms with Crippen LogP contribution in [0.15, 0.2) is 4.52 Å². The van der Waals surface area contributed by atoms with Crippen LogP contribution < -0.4 is 0 Å². The number of rotatable bonds is 2. The topological polar surface area (TPSA) is 38.9 Å². The van der Waals surface area contributed by atoms with Gasteiger partial charge in [-0.1, -0.05) is 32.9 Å². The third-order valence-electron chi connectivity index (χ3n) is 1.60. The first-order valence-electron chi connectivity index (χ1n) is 4.54. The summed E-state index contributed by atoms with van der Waals surface area (Å²) in [5.74, 6) is 1.88. The Bertz CT molecular complexity index is 208. The molecule has 0 amide bonds. The van der Waals surface area contributed by atoms with Gasteiger partial charge in [0.05, 0.1) is 0 Å². The minimum absolute atomic E-state index is 0.414. The quantitative estimate of drug-likeness (QED) is 0.685. The van der Waals surface area contributed by atoms with E-state index in [1.807, 2.05) is 13.8 Å². The Hall–Kier alpha value is -0.860. The van der Waals surface area contributed by atoms with Gasteiger partial charge in [-0.25, -0.2) is 0 Å². The lowest BCUT2D eigenvalue weighted by Crippen LogP contribution is -1.93. The summed E-state index contributed by atoms with van der Waals surface area (Å²) in [6.45, 7) is 10.00. The first-order valence-corrected chi connectivity index (χ1v) is 4.54. The number of nitrogens with zero attached hydrogens (tertiary/aromatic N) is 2. The van der Waals surface area contributed by atoms with E-state index < -0.39 is 0 Å². The molecule has 1 heterocycles. The van der Waals surface area contributed by atoms with Crippen LogP contribution in [-0.2, 0) is 0 Å². The molecule has 12 heavy (non-hydrogen) atoms. The second kappa shape index (κ2) is 5.75. The summed E-state index contributed by atoms with van der Waals surface area (Å²) >= 11 is 0. The summed E-state index contributed by atoms with van der Waals surface area (Å²) in [5.41, 5.74) is 0. The predicted molar refractivity (Wildman–Crippen MR) is 49.1 cm³/mol. The molecule has 0 aliphatic carbocycles. The van der Waals surface area contributed by atoms with Gasteiger partial charge in [-0.3, -0.25) is 0 Å². The normalized spacial score (nSPS) is 11.8. The van der Waals surface area contributed by atoms with E-state index in [9.17, 15) is 0 Å². The average Bonchev–Trinajstić information content (AvgIpc) is 2.54. The highest BCUT2D eigenvalue weighted by molar-refractivity contribution is 4.91. The zero-order valence-corrected chi connectivity index (χ0v) is 8.59. The van der Waals surface area contributed by atoms with Gasteiger partial charge in [0.2, 0.25) is 5.89 Å². The van der Waals surface area contributed by atoms with Gasteiger partial charge < -0.3 is 4.52 Å². The van der Waals surface area contributed by atoms with Crippen LogP contribution >= 0.6 is 0 Å². The van der Waals surface area contributed by atoms with Crippen molar-refractivity contribution in [2.45, 2.75) is 47.0 Å². The SMILES string of the molecule is CC.CCC(C)c1noc(C)n1. The van der Waals surface area contributed by atoms with Crippen LogP contribution in [0.5, 0.6) is 0 Å². The largest absolute Gasteiger partial charge is 0.340 e. The van der Waals surface area contributed by atoms with Gasteiger partial charge in [-0.05, 0) is 6.42 Å². The van der Waals surface area contributed by atoms with Crippen molar-refractivity contribution in [1.29, 1.82) is 0 Å². The van der Waals surface area contributed by atoms with E-state index in [2.05, 4.69) is 24.0 Å². The second-order valence-electron chi connectivity index (χ2n) is 2.48. The Kier molecular flexibility index (Phi) is 5.34. The van der Waals surface area contributed by atoms with Crippen molar-refractivity contribution in [3.8, 4) is 0 Å². The van der Waals surface area contributed by atoms with Gasteiger partial charge in [0.15, 0.2) is 5.82 Å². The lowest BCUT2D eigenvalue weighted by atomic mass is 10.1. The summed E-state index contributed by atoms with van der Waals surface area (Å²) < 4.78 is 4.83. The Morgan fingerprint density at radius 1 is 1.42 bits per heavy atom. The van der Waals surface area contributed by atoms with Crippen molar-refractivity contribution >= 4 is 0 Å². The molecule has 1 atom stereocenters. The lowest BCUT2D eigenvalue weighted by molar-refractivity contribution is 0.383. The molecular weight excluding hydrogens is 152 g/mol. The van der Waals surface area contributed by atoms with Crippen LogP contribution in [0.1, 0.15) is 51.7 Å². The molecule has 1 aromatic rings. The highest BCUT2D eigenvalue weighted by Gasteiger charge is 2.08. The standard InChI is InChI=1S/C7H12N2O.C2H6/c1-4-5(2)7-8-6(3)10-9-7;1-2/h5H,4H2,1-3H3;1-2H3. The molecule has 1 aromatic heterocycles. The molecule has 0 aliphatic heterocycles. The Morgan fingerprint density at radius 3 is 2.33 bits per heavy atom. The molecule has 0 saturated carbocycles. The van der Waals surface area contributed by atoms with Gasteiger partial charge in [0.25, 0.3) is 0 Å². The zero-order valence-electron chi connectivity index (χ0n) is 8.59. The summed E-state index contributed by atoms with van der Waals surface area (Å²) in [6.07, 6.45) is 1.05. The van der Waals surface area contributed by atoms with E-state index in [1.165, 1.54) is 0 Å². The minimum Gasteiger partial charge on any atom is -0.340 e. The van der Waals surface area contributed by atoms with Crippen molar-refractivity contribution in [2.75, 3.05) is 0 Å². The van der Waals surface area contributed by atoms with E-state index in [-0.39, 0.29) is 0 Å². The number of aromatic nitrogens is 2. The van der Waals surface area contributed by atoms with Crippen LogP contribution in [0, 0.1) is 6.92 Å². The molecule has 3 nitrogen and oxygen atoms in total. The number of aryl methyl sites for hydroxylation is 1. The highest BCUT2D eigenvalue weighted by atomic mass is 16.5. The predicted octanol–water partition coefficient (Wildman–Crippen LogP) is 2.92. The molecule has 0 fully saturated rings. The molecular formula is C9H18N2O.